The maximum atomic E-state index is 5.72. The smallest absolute Gasteiger partial charge is 0.233 e. The number of nitrogens with two attached hydrogens (primary N) is 1. The molecular formula is C14H18BrN3O. The van der Waals surface area contributed by atoms with E-state index in [1.165, 1.54) is 0 Å². The van der Waals surface area contributed by atoms with Crippen LogP contribution in [0.15, 0.2) is 21.1 Å². The van der Waals surface area contributed by atoms with E-state index in [4.69, 9.17) is 10.3 Å². The Bertz CT molecular complexity index is 581. The minimum Gasteiger partial charge on any atom is -0.338 e. The first-order valence-corrected chi connectivity index (χ1v) is 6.96. The van der Waals surface area contributed by atoms with Crippen molar-refractivity contribution in [3.8, 4) is 11.4 Å². The Morgan fingerprint density at radius 3 is 2.37 bits per heavy atom. The van der Waals surface area contributed by atoms with Gasteiger partial charge in [0.1, 0.15) is 0 Å². The topological polar surface area (TPSA) is 64.9 Å². The lowest BCUT2D eigenvalue weighted by atomic mass is 9.94. The third kappa shape index (κ3) is 2.72. The van der Waals surface area contributed by atoms with Crippen LogP contribution in [-0.2, 0) is 5.41 Å². The highest BCUT2D eigenvalue weighted by atomic mass is 79.9. The molecule has 19 heavy (non-hydrogen) atoms. The monoisotopic (exact) mass is 323 g/mol. The van der Waals surface area contributed by atoms with Gasteiger partial charge in [-0.1, -0.05) is 21.1 Å². The number of hydrogen-bond donors (Lipinski definition) is 1. The van der Waals surface area contributed by atoms with Gasteiger partial charge in [0, 0.05) is 16.6 Å². The summed E-state index contributed by atoms with van der Waals surface area (Å²) in [5.41, 5.74) is 8.68. The van der Waals surface area contributed by atoms with Crippen molar-refractivity contribution in [1.82, 2.24) is 10.1 Å². The highest BCUT2D eigenvalue weighted by Gasteiger charge is 2.26. The molecule has 0 radical (unpaired) electrons. The predicted molar refractivity (Wildman–Crippen MR) is 79.0 cm³/mol. The molecule has 0 atom stereocenters. The Hall–Kier alpha value is -1.20. The van der Waals surface area contributed by atoms with Gasteiger partial charge < -0.3 is 10.3 Å². The van der Waals surface area contributed by atoms with Gasteiger partial charge in [-0.05, 0) is 51.0 Å². The van der Waals surface area contributed by atoms with Crippen LogP contribution in [0.3, 0.4) is 0 Å². The van der Waals surface area contributed by atoms with Crippen LogP contribution in [-0.4, -0.2) is 16.7 Å². The first-order valence-electron chi connectivity index (χ1n) is 6.16. The van der Waals surface area contributed by atoms with Gasteiger partial charge in [0.2, 0.25) is 11.7 Å². The summed E-state index contributed by atoms with van der Waals surface area (Å²) in [5, 5.41) is 4.06. The van der Waals surface area contributed by atoms with Crippen LogP contribution in [0.25, 0.3) is 11.4 Å². The second-order valence-electron chi connectivity index (χ2n) is 5.44. The summed E-state index contributed by atoms with van der Waals surface area (Å²) in [4.78, 5) is 4.46. The molecule has 0 aliphatic heterocycles. The molecule has 2 N–H and O–H groups in total. The van der Waals surface area contributed by atoms with E-state index < -0.39 is 0 Å². The SMILES string of the molecule is Cc1cc(-c2noc(C(C)(C)CN)n2)cc(C)c1Br. The molecule has 4 nitrogen and oxygen atoms in total. The summed E-state index contributed by atoms with van der Waals surface area (Å²) in [5.74, 6) is 1.18. The van der Waals surface area contributed by atoms with Crippen molar-refractivity contribution in [3.05, 3.63) is 33.6 Å². The zero-order chi connectivity index (χ0) is 14.2. The molecule has 1 heterocycles. The van der Waals surface area contributed by atoms with Gasteiger partial charge in [-0.3, -0.25) is 0 Å². The Morgan fingerprint density at radius 2 is 1.84 bits per heavy atom. The molecule has 102 valence electrons. The number of aryl methyl sites for hydroxylation is 2. The van der Waals surface area contributed by atoms with E-state index in [0.29, 0.717) is 18.3 Å². The summed E-state index contributed by atoms with van der Waals surface area (Å²) < 4.78 is 6.45. The maximum absolute atomic E-state index is 5.72. The van der Waals surface area contributed by atoms with E-state index in [2.05, 4.69) is 26.1 Å². The second-order valence-corrected chi connectivity index (χ2v) is 6.23. The van der Waals surface area contributed by atoms with Gasteiger partial charge in [0.25, 0.3) is 0 Å². The van der Waals surface area contributed by atoms with Crippen molar-refractivity contribution in [2.24, 2.45) is 5.73 Å². The number of nitrogens with zero attached hydrogens (tertiary/aromatic N) is 2. The molecule has 2 rings (SSSR count). The summed E-state index contributed by atoms with van der Waals surface area (Å²) in [6, 6.07) is 4.09. The Kier molecular flexibility index (Phi) is 3.78. The maximum Gasteiger partial charge on any atom is 0.233 e. The third-order valence-electron chi connectivity index (χ3n) is 3.21. The van der Waals surface area contributed by atoms with Crippen LogP contribution in [0.4, 0.5) is 0 Å². The lowest BCUT2D eigenvalue weighted by molar-refractivity contribution is 0.311. The quantitative estimate of drug-likeness (QED) is 0.940. The molecule has 0 bridgehead atoms. The fraction of sp³-hybridized carbons (Fsp3) is 0.429. The highest BCUT2D eigenvalue weighted by Crippen LogP contribution is 2.28. The van der Waals surface area contributed by atoms with Crippen LogP contribution >= 0.6 is 15.9 Å². The minimum atomic E-state index is -0.301. The molecule has 0 saturated heterocycles. The molecule has 0 amide bonds. The molecule has 1 aromatic heterocycles. The van der Waals surface area contributed by atoms with Crippen LogP contribution in [0, 0.1) is 13.8 Å². The van der Waals surface area contributed by atoms with E-state index in [0.717, 1.165) is 21.2 Å². The highest BCUT2D eigenvalue weighted by molar-refractivity contribution is 9.10. The van der Waals surface area contributed by atoms with E-state index in [1.54, 1.807) is 0 Å². The summed E-state index contributed by atoms with van der Waals surface area (Å²) in [7, 11) is 0. The summed E-state index contributed by atoms with van der Waals surface area (Å²) >= 11 is 3.55. The molecule has 0 fully saturated rings. The van der Waals surface area contributed by atoms with Crippen molar-refractivity contribution < 1.29 is 4.52 Å². The second kappa shape index (κ2) is 5.06. The standard InChI is InChI=1S/C14H18BrN3O/c1-8-5-10(6-9(2)11(8)15)12-17-13(19-18-12)14(3,4)7-16/h5-6H,7,16H2,1-4H3. The van der Waals surface area contributed by atoms with Gasteiger partial charge in [0.15, 0.2) is 0 Å². The van der Waals surface area contributed by atoms with Crippen LogP contribution in [0.1, 0.15) is 30.9 Å². The molecule has 0 unspecified atom stereocenters. The largest absolute Gasteiger partial charge is 0.338 e. The average Bonchev–Trinajstić information content (AvgIpc) is 2.85. The van der Waals surface area contributed by atoms with E-state index >= 15 is 0 Å². The number of halogens is 1. The Balaban J connectivity index is 2.44. The zero-order valence-electron chi connectivity index (χ0n) is 11.6. The minimum absolute atomic E-state index is 0.301. The van der Waals surface area contributed by atoms with E-state index in [-0.39, 0.29) is 5.41 Å². The first-order chi connectivity index (χ1) is 8.85. The van der Waals surface area contributed by atoms with Gasteiger partial charge in [-0.15, -0.1) is 0 Å². The molecule has 0 saturated carbocycles. The first kappa shape index (κ1) is 14.2. The fourth-order valence-electron chi connectivity index (χ4n) is 1.78. The number of benzene rings is 1. The molecule has 0 spiro atoms. The van der Waals surface area contributed by atoms with Crippen LogP contribution in [0.5, 0.6) is 0 Å². The molecule has 1 aromatic carbocycles. The predicted octanol–water partition coefficient (Wildman–Crippen LogP) is 3.35. The van der Waals surface area contributed by atoms with Gasteiger partial charge in [-0.2, -0.15) is 4.98 Å². The Labute approximate surface area is 121 Å². The van der Waals surface area contributed by atoms with Crippen molar-refractivity contribution in [3.63, 3.8) is 0 Å². The van der Waals surface area contributed by atoms with Crippen LogP contribution in [0.2, 0.25) is 0 Å². The normalized spacial score (nSPS) is 11.9. The number of aromatic nitrogens is 2. The van der Waals surface area contributed by atoms with Gasteiger partial charge in [-0.25, -0.2) is 0 Å². The summed E-state index contributed by atoms with van der Waals surface area (Å²) in [6.45, 7) is 8.54. The zero-order valence-corrected chi connectivity index (χ0v) is 13.2. The molecule has 2 aromatic rings. The number of hydrogen-bond acceptors (Lipinski definition) is 4. The molecule has 5 heteroatoms. The van der Waals surface area contributed by atoms with Crippen molar-refractivity contribution in [1.29, 1.82) is 0 Å². The molecule has 0 aliphatic carbocycles. The van der Waals surface area contributed by atoms with E-state index in [1.807, 2.05) is 39.8 Å². The molecular weight excluding hydrogens is 306 g/mol. The Morgan fingerprint density at radius 1 is 1.26 bits per heavy atom. The number of rotatable bonds is 3. The summed E-state index contributed by atoms with van der Waals surface area (Å²) in [6.07, 6.45) is 0. The van der Waals surface area contributed by atoms with Crippen molar-refractivity contribution >= 4 is 15.9 Å². The fourth-order valence-corrected chi connectivity index (χ4v) is 2.01. The van der Waals surface area contributed by atoms with E-state index in [9.17, 15) is 0 Å². The van der Waals surface area contributed by atoms with Crippen molar-refractivity contribution in [2.75, 3.05) is 6.54 Å². The average molecular weight is 324 g/mol. The molecule has 0 aliphatic rings. The van der Waals surface area contributed by atoms with Crippen LogP contribution < -0.4 is 5.73 Å². The van der Waals surface area contributed by atoms with Gasteiger partial charge in [0.05, 0.1) is 5.41 Å². The lowest BCUT2D eigenvalue weighted by Crippen LogP contribution is -2.28. The third-order valence-corrected chi connectivity index (χ3v) is 4.46. The lowest BCUT2D eigenvalue weighted by Gasteiger charge is -2.15. The van der Waals surface area contributed by atoms with Crippen molar-refractivity contribution in [2.45, 2.75) is 33.1 Å². The van der Waals surface area contributed by atoms with Gasteiger partial charge >= 0.3 is 0 Å².